The third kappa shape index (κ3) is 5.77. The molecule has 0 aromatic heterocycles. The number of methoxy groups -OCH3 is 3. The van der Waals surface area contributed by atoms with Crippen LogP contribution in [0.4, 0.5) is 5.69 Å². The topological polar surface area (TPSA) is 83.1 Å². The number of hydrogen-bond donors (Lipinski definition) is 1. The molecule has 0 unspecified atom stereocenters. The van der Waals surface area contributed by atoms with Crippen LogP contribution in [0.25, 0.3) is 6.08 Å². The summed E-state index contributed by atoms with van der Waals surface area (Å²) in [7, 11) is 4.59. The highest BCUT2D eigenvalue weighted by molar-refractivity contribution is 5.95. The molecule has 28 heavy (non-hydrogen) atoms. The number of benzene rings is 2. The van der Waals surface area contributed by atoms with Gasteiger partial charge in [0.15, 0.2) is 6.61 Å². The lowest BCUT2D eigenvalue weighted by atomic mass is 10.1. The molecule has 0 fully saturated rings. The second-order valence-corrected chi connectivity index (χ2v) is 5.80. The zero-order chi connectivity index (χ0) is 20.5. The molecule has 0 spiro atoms. The zero-order valence-corrected chi connectivity index (χ0v) is 16.3. The minimum Gasteiger partial charge on any atom is -0.497 e. The maximum atomic E-state index is 12.1. The van der Waals surface area contributed by atoms with Crippen molar-refractivity contribution >= 4 is 23.6 Å². The predicted molar refractivity (Wildman–Crippen MR) is 106 cm³/mol. The lowest BCUT2D eigenvalue weighted by Crippen LogP contribution is -2.20. The van der Waals surface area contributed by atoms with E-state index in [-0.39, 0.29) is 0 Å². The molecular weight excluding hydrogens is 362 g/mol. The molecule has 0 aliphatic carbocycles. The Morgan fingerprint density at radius 1 is 0.964 bits per heavy atom. The number of esters is 1. The van der Waals surface area contributed by atoms with Crippen molar-refractivity contribution in [2.75, 3.05) is 33.3 Å². The quantitative estimate of drug-likeness (QED) is 0.555. The minimum absolute atomic E-state index is 0.421. The molecule has 0 aliphatic heterocycles. The van der Waals surface area contributed by atoms with Crippen LogP contribution >= 0.6 is 0 Å². The smallest absolute Gasteiger partial charge is 0.331 e. The molecule has 2 aromatic carbocycles. The first-order valence-electron chi connectivity index (χ1n) is 8.48. The Balaban J connectivity index is 1.94. The molecule has 0 saturated carbocycles. The van der Waals surface area contributed by atoms with Gasteiger partial charge in [-0.2, -0.15) is 0 Å². The number of rotatable bonds is 8. The summed E-state index contributed by atoms with van der Waals surface area (Å²) in [5.41, 5.74) is 2.12. The van der Waals surface area contributed by atoms with Gasteiger partial charge < -0.3 is 24.3 Å². The molecule has 0 saturated heterocycles. The van der Waals surface area contributed by atoms with E-state index in [0.29, 0.717) is 28.5 Å². The third-order valence-electron chi connectivity index (χ3n) is 3.81. The summed E-state index contributed by atoms with van der Waals surface area (Å²) in [5.74, 6) is 0.602. The van der Waals surface area contributed by atoms with Crippen LogP contribution in [0.3, 0.4) is 0 Å². The Hall–Kier alpha value is -3.48. The van der Waals surface area contributed by atoms with E-state index in [0.717, 1.165) is 5.56 Å². The molecular formula is C21H23NO6. The lowest BCUT2D eigenvalue weighted by molar-refractivity contribution is -0.142. The van der Waals surface area contributed by atoms with Crippen LogP contribution in [0.2, 0.25) is 0 Å². The Bertz CT molecular complexity index is 875. The second-order valence-electron chi connectivity index (χ2n) is 5.80. The summed E-state index contributed by atoms with van der Waals surface area (Å²) in [5, 5.41) is 2.66. The van der Waals surface area contributed by atoms with Gasteiger partial charge in [-0.05, 0) is 48.9 Å². The minimum atomic E-state index is -0.656. The lowest BCUT2D eigenvalue weighted by Gasteiger charge is -2.11. The Kier molecular flexibility index (Phi) is 7.45. The van der Waals surface area contributed by atoms with Gasteiger partial charge in [-0.25, -0.2) is 4.79 Å². The molecule has 0 radical (unpaired) electrons. The maximum absolute atomic E-state index is 12.1. The Labute approximate surface area is 163 Å². The van der Waals surface area contributed by atoms with Gasteiger partial charge in [0, 0.05) is 11.6 Å². The SMILES string of the molecule is COc1ccc(OC)c(/C=C/C(=O)OCC(=O)Nc2cc(C)ccc2OC)c1. The van der Waals surface area contributed by atoms with Crippen molar-refractivity contribution in [1.29, 1.82) is 0 Å². The van der Waals surface area contributed by atoms with E-state index >= 15 is 0 Å². The van der Waals surface area contributed by atoms with E-state index in [4.69, 9.17) is 18.9 Å². The highest BCUT2D eigenvalue weighted by atomic mass is 16.5. The normalized spacial score (nSPS) is 10.4. The van der Waals surface area contributed by atoms with E-state index in [2.05, 4.69) is 5.32 Å². The van der Waals surface area contributed by atoms with Gasteiger partial charge in [0.05, 0.1) is 27.0 Å². The highest BCUT2D eigenvalue weighted by Gasteiger charge is 2.10. The third-order valence-corrected chi connectivity index (χ3v) is 3.81. The fraction of sp³-hybridized carbons (Fsp3) is 0.238. The summed E-state index contributed by atoms with van der Waals surface area (Å²) < 4.78 is 20.6. The van der Waals surface area contributed by atoms with Crippen molar-refractivity contribution in [3.63, 3.8) is 0 Å². The van der Waals surface area contributed by atoms with E-state index in [1.807, 2.05) is 13.0 Å². The number of anilines is 1. The molecule has 148 valence electrons. The van der Waals surface area contributed by atoms with Crippen LogP contribution in [0.1, 0.15) is 11.1 Å². The number of hydrogen-bond acceptors (Lipinski definition) is 6. The van der Waals surface area contributed by atoms with Crippen LogP contribution in [0, 0.1) is 6.92 Å². The van der Waals surface area contributed by atoms with Crippen molar-refractivity contribution in [2.24, 2.45) is 0 Å². The molecule has 7 heteroatoms. The number of ether oxygens (including phenoxy) is 4. The van der Waals surface area contributed by atoms with Crippen LogP contribution < -0.4 is 19.5 Å². The standard InChI is InChI=1S/C21H23NO6/c1-14-5-8-19(27-4)17(11-14)22-20(23)13-28-21(24)10-6-15-12-16(25-2)7-9-18(15)26-3/h5-12H,13H2,1-4H3,(H,22,23)/b10-6+. The largest absolute Gasteiger partial charge is 0.497 e. The first-order chi connectivity index (χ1) is 13.5. The summed E-state index contributed by atoms with van der Waals surface area (Å²) in [4.78, 5) is 24.0. The van der Waals surface area contributed by atoms with Crippen LogP contribution in [-0.2, 0) is 14.3 Å². The number of carbonyl (C=O) groups is 2. The molecule has 0 aliphatic rings. The molecule has 0 bridgehead atoms. The molecule has 1 amide bonds. The van der Waals surface area contributed by atoms with Gasteiger partial charge in [-0.15, -0.1) is 0 Å². The van der Waals surface area contributed by atoms with Gasteiger partial charge in [-0.3, -0.25) is 4.79 Å². The van der Waals surface area contributed by atoms with Crippen molar-refractivity contribution in [1.82, 2.24) is 0 Å². The molecule has 2 aromatic rings. The zero-order valence-electron chi connectivity index (χ0n) is 16.3. The van der Waals surface area contributed by atoms with Gasteiger partial charge in [0.25, 0.3) is 5.91 Å². The monoisotopic (exact) mass is 385 g/mol. The Morgan fingerprint density at radius 3 is 2.36 bits per heavy atom. The first kappa shape index (κ1) is 20.8. The molecule has 7 nitrogen and oxygen atoms in total. The number of aryl methyl sites for hydroxylation is 1. The first-order valence-corrected chi connectivity index (χ1v) is 8.48. The maximum Gasteiger partial charge on any atom is 0.331 e. The van der Waals surface area contributed by atoms with Crippen molar-refractivity contribution in [3.8, 4) is 17.2 Å². The summed E-state index contributed by atoms with van der Waals surface area (Å²) in [6.45, 7) is 1.47. The molecule has 2 rings (SSSR count). The van der Waals surface area contributed by atoms with Crippen molar-refractivity contribution < 1.29 is 28.5 Å². The molecule has 1 N–H and O–H groups in total. The molecule has 0 atom stereocenters. The van der Waals surface area contributed by atoms with Crippen molar-refractivity contribution in [2.45, 2.75) is 6.92 Å². The van der Waals surface area contributed by atoms with Gasteiger partial charge in [0.2, 0.25) is 0 Å². The van der Waals surface area contributed by atoms with E-state index < -0.39 is 18.5 Å². The fourth-order valence-electron chi connectivity index (χ4n) is 2.42. The van der Waals surface area contributed by atoms with Gasteiger partial charge >= 0.3 is 5.97 Å². The average Bonchev–Trinajstić information content (AvgIpc) is 2.70. The number of nitrogens with one attached hydrogen (secondary N) is 1. The van der Waals surface area contributed by atoms with Crippen LogP contribution in [0.15, 0.2) is 42.5 Å². The summed E-state index contributed by atoms with van der Waals surface area (Å²) in [6.07, 6.45) is 2.75. The van der Waals surface area contributed by atoms with E-state index in [1.54, 1.807) is 37.4 Å². The number of carbonyl (C=O) groups excluding carboxylic acids is 2. The summed E-state index contributed by atoms with van der Waals surface area (Å²) in [6, 6.07) is 10.6. The van der Waals surface area contributed by atoms with E-state index in [9.17, 15) is 9.59 Å². The van der Waals surface area contributed by atoms with Crippen molar-refractivity contribution in [3.05, 3.63) is 53.6 Å². The van der Waals surface area contributed by atoms with Gasteiger partial charge in [-0.1, -0.05) is 6.07 Å². The molecule has 0 heterocycles. The van der Waals surface area contributed by atoms with Gasteiger partial charge in [0.1, 0.15) is 17.2 Å². The fourth-order valence-corrected chi connectivity index (χ4v) is 2.42. The average molecular weight is 385 g/mol. The van der Waals surface area contributed by atoms with E-state index in [1.165, 1.54) is 26.4 Å². The number of amides is 1. The van der Waals surface area contributed by atoms with Crippen LogP contribution in [0.5, 0.6) is 17.2 Å². The predicted octanol–water partition coefficient (Wildman–Crippen LogP) is 3.22. The summed E-state index contributed by atoms with van der Waals surface area (Å²) >= 11 is 0. The Morgan fingerprint density at radius 2 is 1.68 bits per heavy atom. The second kappa shape index (κ2) is 10.0. The van der Waals surface area contributed by atoms with Crippen LogP contribution in [-0.4, -0.2) is 39.8 Å². The highest BCUT2D eigenvalue weighted by Crippen LogP contribution is 2.26.